The molecule has 0 unspecified atom stereocenters. The first-order valence-corrected chi connectivity index (χ1v) is 9.30. The van der Waals surface area contributed by atoms with Gasteiger partial charge in [0.15, 0.2) is 0 Å². The van der Waals surface area contributed by atoms with E-state index in [4.69, 9.17) is 10.00 Å². The van der Waals surface area contributed by atoms with Crippen molar-refractivity contribution in [1.29, 1.82) is 5.26 Å². The second-order valence-corrected chi connectivity index (χ2v) is 8.31. The average Bonchev–Trinajstić information content (AvgIpc) is 3.01. The maximum atomic E-state index is 12.1. The highest BCUT2D eigenvalue weighted by Crippen LogP contribution is 2.16. The summed E-state index contributed by atoms with van der Waals surface area (Å²) >= 11 is 1.51. The quantitative estimate of drug-likeness (QED) is 0.823. The maximum absolute atomic E-state index is 12.1. The molecule has 0 fully saturated rings. The Balaban J connectivity index is 1.87. The molecular weight excluding hydrogens is 346 g/mol. The van der Waals surface area contributed by atoms with Gasteiger partial charge in [0, 0.05) is 31.6 Å². The third kappa shape index (κ3) is 6.51. The predicted octanol–water partition coefficient (Wildman–Crippen LogP) is 4.28. The summed E-state index contributed by atoms with van der Waals surface area (Å²) in [6.07, 6.45) is -0.327. The van der Waals surface area contributed by atoms with E-state index in [0.29, 0.717) is 6.54 Å². The van der Waals surface area contributed by atoms with Crippen LogP contribution in [-0.2, 0) is 24.4 Å². The zero-order valence-electron chi connectivity index (χ0n) is 15.7. The van der Waals surface area contributed by atoms with Crippen molar-refractivity contribution in [2.45, 2.75) is 46.0 Å². The molecule has 26 heavy (non-hydrogen) atoms. The molecule has 1 amide bonds. The summed E-state index contributed by atoms with van der Waals surface area (Å²) in [5, 5.41) is 12.2. The minimum Gasteiger partial charge on any atom is -0.444 e. The molecule has 0 spiro atoms. The molecule has 6 heteroatoms. The Labute approximate surface area is 159 Å². The molecule has 0 bridgehead atoms. The Hall–Kier alpha value is -2.36. The molecule has 0 aliphatic rings. The molecule has 2 rings (SSSR count). The van der Waals surface area contributed by atoms with Crippen LogP contribution in [0.2, 0.25) is 0 Å². The summed E-state index contributed by atoms with van der Waals surface area (Å²) in [7, 11) is 1.74. The minimum atomic E-state index is -0.496. The fraction of sp³-hybridized carbons (Fsp3) is 0.400. The molecule has 2 aromatic rings. The van der Waals surface area contributed by atoms with Gasteiger partial charge in [-0.05, 0) is 44.0 Å². The smallest absolute Gasteiger partial charge is 0.410 e. The lowest BCUT2D eigenvalue weighted by molar-refractivity contribution is 0.0285. The summed E-state index contributed by atoms with van der Waals surface area (Å²) in [6, 6.07) is 14.1. The highest BCUT2D eigenvalue weighted by Gasteiger charge is 2.19. The molecule has 1 N–H and O–H groups in total. The third-order valence-corrected chi connectivity index (χ3v) is 4.51. The van der Waals surface area contributed by atoms with Crippen LogP contribution in [0.15, 0.2) is 36.4 Å². The lowest BCUT2D eigenvalue weighted by atomic mass is 10.1. The van der Waals surface area contributed by atoms with Gasteiger partial charge in [0.2, 0.25) is 0 Å². The van der Waals surface area contributed by atoms with Gasteiger partial charge < -0.3 is 15.0 Å². The zero-order chi connectivity index (χ0) is 19.2. The monoisotopic (exact) mass is 371 g/mol. The lowest BCUT2D eigenvalue weighted by Crippen LogP contribution is -2.33. The van der Waals surface area contributed by atoms with Gasteiger partial charge in [0.1, 0.15) is 16.5 Å². The van der Waals surface area contributed by atoms with E-state index in [1.54, 1.807) is 11.9 Å². The molecule has 0 saturated carbocycles. The average molecular weight is 372 g/mol. The van der Waals surface area contributed by atoms with E-state index in [0.717, 1.165) is 34.0 Å². The van der Waals surface area contributed by atoms with E-state index in [-0.39, 0.29) is 6.09 Å². The number of carbonyl (C=O) groups is 1. The molecule has 0 aliphatic carbocycles. The molecule has 5 nitrogen and oxygen atoms in total. The van der Waals surface area contributed by atoms with Crippen molar-refractivity contribution >= 4 is 17.4 Å². The lowest BCUT2D eigenvalue weighted by Gasteiger charge is -2.24. The molecule has 0 atom stereocenters. The van der Waals surface area contributed by atoms with Crippen molar-refractivity contribution in [3.05, 3.63) is 57.3 Å². The van der Waals surface area contributed by atoms with Crippen LogP contribution in [0.25, 0.3) is 0 Å². The minimum absolute atomic E-state index is 0.327. The number of benzene rings is 1. The summed E-state index contributed by atoms with van der Waals surface area (Å²) in [5.41, 5.74) is 1.71. The number of thiophene rings is 1. The molecule has 0 radical (unpaired) electrons. The number of hydrogen-bond acceptors (Lipinski definition) is 5. The van der Waals surface area contributed by atoms with Gasteiger partial charge in [0.05, 0.1) is 0 Å². The Morgan fingerprint density at radius 3 is 2.62 bits per heavy atom. The SMILES string of the molecule is CN(Cc1cccc(CNCc2ccc(C#N)s2)c1)C(=O)OC(C)(C)C. The van der Waals surface area contributed by atoms with Crippen LogP contribution in [-0.4, -0.2) is 23.6 Å². The summed E-state index contributed by atoms with van der Waals surface area (Å²) in [5.74, 6) is 0. The molecular formula is C20H25N3O2S. The molecule has 1 heterocycles. The highest BCUT2D eigenvalue weighted by atomic mass is 32.1. The summed E-state index contributed by atoms with van der Waals surface area (Å²) in [4.78, 5) is 15.5. The second kappa shape index (κ2) is 8.84. The molecule has 0 saturated heterocycles. The van der Waals surface area contributed by atoms with Crippen LogP contribution in [0.1, 0.15) is 41.7 Å². The first-order valence-electron chi connectivity index (χ1n) is 8.48. The number of ether oxygens (including phenoxy) is 1. The van der Waals surface area contributed by atoms with Crippen molar-refractivity contribution in [3.8, 4) is 6.07 Å². The number of hydrogen-bond donors (Lipinski definition) is 1. The number of amides is 1. The Morgan fingerprint density at radius 2 is 1.96 bits per heavy atom. The van der Waals surface area contributed by atoms with Crippen LogP contribution in [0.5, 0.6) is 0 Å². The predicted molar refractivity (Wildman–Crippen MR) is 104 cm³/mol. The van der Waals surface area contributed by atoms with E-state index in [2.05, 4.69) is 23.5 Å². The topological polar surface area (TPSA) is 65.4 Å². The van der Waals surface area contributed by atoms with Gasteiger partial charge in [-0.25, -0.2) is 4.79 Å². The summed E-state index contributed by atoms with van der Waals surface area (Å²) in [6.45, 7) is 7.53. The third-order valence-electron chi connectivity index (χ3n) is 3.52. The maximum Gasteiger partial charge on any atom is 0.410 e. The Bertz CT molecular complexity index is 787. The standard InChI is InChI=1S/C20H25N3O2S/c1-20(2,3)25-19(24)23(4)14-16-7-5-6-15(10-16)12-22-13-18-9-8-17(11-21)26-18/h5-10,22H,12-14H2,1-4H3. The van der Waals surface area contributed by atoms with Crippen LogP contribution >= 0.6 is 11.3 Å². The molecule has 0 aliphatic heterocycles. The fourth-order valence-electron chi connectivity index (χ4n) is 2.38. The first kappa shape index (κ1) is 20.0. The largest absolute Gasteiger partial charge is 0.444 e. The highest BCUT2D eigenvalue weighted by molar-refractivity contribution is 7.12. The first-order chi connectivity index (χ1) is 12.3. The number of rotatable bonds is 6. The van der Waals surface area contributed by atoms with E-state index in [1.165, 1.54) is 11.3 Å². The second-order valence-electron chi connectivity index (χ2n) is 7.14. The number of nitriles is 1. The Morgan fingerprint density at radius 1 is 1.23 bits per heavy atom. The Kier molecular flexibility index (Phi) is 6.78. The van der Waals surface area contributed by atoms with Crippen molar-refractivity contribution in [2.24, 2.45) is 0 Å². The number of carbonyl (C=O) groups excluding carboxylic acids is 1. The van der Waals surface area contributed by atoms with Gasteiger partial charge >= 0.3 is 6.09 Å². The van der Waals surface area contributed by atoms with Gasteiger partial charge in [-0.15, -0.1) is 11.3 Å². The number of nitrogens with zero attached hydrogens (tertiary/aromatic N) is 2. The zero-order valence-corrected chi connectivity index (χ0v) is 16.5. The molecule has 1 aromatic heterocycles. The van der Waals surface area contributed by atoms with Crippen molar-refractivity contribution in [1.82, 2.24) is 10.2 Å². The van der Waals surface area contributed by atoms with Gasteiger partial charge in [-0.2, -0.15) is 5.26 Å². The van der Waals surface area contributed by atoms with Crippen LogP contribution in [0.3, 0.4) is 0 Å². The van der Waals surface area contributed by atoms with Crippen LogP contribution in [0, 0.1) is 11.3 Å². The fourth-order valence-corrected chi connectivity index (χ4v) is 3.15. The van der Waals surface area contributed by atoms with Gasteiger partial charge in [-0.3, -0.25) is 0 Å². The molecule has 138 valence electrons. The van der Waals surface area contributed by atoms with Crippen molar-refractivity contribution in [3.63, 3.8) is 0 Å². The van der Waals surface area contributed by atoms with Crippen molar-refractivity contribution < 1.29 is 9.53 Å². The van der Waals surface area contributed by atoms with E-state index < -0.39 is 5.60 Å². The van der Waals surface area contributed by atoms with Crippen LogP contribution in [0.4, 0.5) is 4.79 Å². The van der Waals surface area contributed by atoms with Crippen molar-refractivity contribution in [2.75, 3.05) is 7.05 Å². The van der Waals surface area contributed by atoms with Gasteiger partial charge in [-0.1, -0.05) is 24.3 Å². The van der Waals surface area contributed by atoms with Crippen LogP contribution < -0.4 is 5.32 Å². The van der Waals surface area contributed by atoms with Gasteiger partial charge in [0.25, 0.3) is 0 Å². The van der Waals surface area contributed by atoms with E-state index in [1.807, 2.05) is 45.0 Å². The summed E-state index contributed by atoms with van der Waals surface area (Å²) < 4.78 is 5.38. The normalized spacial score (nSPS) is 11.0. The molecule has 1 aromatic carbocycles. The van der Waals surface area contributed by atoms with E-state index >= 15 is 0 Å². The van der Waals surface area contributed by atoms with E-state index in [9.17, 15) is 4.79 Å². The number of nitrogens with one attached hydrogen (secondary N) is 1.